The quantitative estimate of drug-likeness (QED) is 0.0283. The van der Waals surface area contributed by atoms with E-state index < -0.39 is 66.4 Å². The fourth-order valence-corrected chi connectivity index (χ4v) is 3.24. The number of aliphatic hydroxyl groups is 16. The zero-order chi connectivity index (χ0) is 44.3. The molecule has 0 aliphatic heterocycles. The van der Waals surface area contributed by atoms with Crippen LogP contribution in [0.4, 0.5) is 0 Å². The molecule has 0 saturated carbocycles. The van der Waals surface area contributed by atoms with Crippen molar-refractivity contribution in [2.45, 2.75) is 120 Å². The van der Waals surface area contributed by atoms with Gasteiger partial charge in [-0.15, -0.1) is 0 Å². The Morgan fingerprint density at radius 2 is 0.702 bits per heavy atom. The van der Waals surface area contributed by atoms with Crippen molar-refractivity contribution in [3.63, 3.8) is 0 Å². The van der Waals surface area contributed by atoms with Crippen molar-refractivity contribution in [1.82, 2.24) is 0 Å². The maximum Gasteiger partial charge on any atom is 1.00 e. The first-order valence-corrected chi connectivity index (χ1v) is 17.7. The number of hydrogen-bond acceptors (Lipinski definition) is 21. The number of hydrogen-bond donors (Lipinski definition) is 17. The van der Waals surface area contributed by atoms with Gasteiger partial charge < -0.3 is 107 Å². The van der Waals surface area contributed by atoms with E-state index in [2.05, 4.69) is 6.92 Å². The second kappa shape index (κ2) is 55.8. The van der Waals surface area contributed by atoms with Gasteiger partial charge in [0.2, 0.25) is 0 Å². The van der Waals surface area contributed by atoms with E-state index in [1.54, 1.807) is 0 Å². The van der Waals surface area contributed by atoms with Gasteiger partial charge in [-0.1, -0.05) is 71.1 Å². The van der Waals surface area contributed by atoms with E-state index in [4.69, 9.17) is 81.7 Å². The number of carboxylic acid groups (broad SMARTS) is 3. The van der Waals surface area contributed by atoms with Crippen LogP contribution in [0.1, 0.15) is 84.0 Å². The van der Waals surface area contributed by atoms with Gasteiger partial charge in [-0.2, -0.15) is 0 Å². The van der Waals surface area contributed by atoms with E-state index >= 15 is 0 Å². The minimum Gasteiger partial charge on any atom is -0.550 e. The van der Waals surface area contributed by atoms with Crippen LogP contribution in [-0.2, 0) is 14.4 Å². The van der Waals surface area contributed by atoms with E-state index in [1.165, 1.54) is 32.1 Å². The van der Waals surface area contributed by atoms with Crippen LogP contribution in [0.25, 0.3) is 0 Å². The molecule has 0 bridgehead atoms. The van der Waals surface area contributed by atoms with Crippen LogP contribution in [0.15, 0.2) is 0 Å². The largest absolute Gasteiger partial charge is 1.00 e. The third-order valence-electron chi connectivity index (χ3n) is 6.59. The number of carboxylic acids is 3. The zero-order valence-electron chi connectivity index (χ0n) is 33.7. The summed E-state index contributed by atoms with van der Waals surface area (Å²) in [5.41, 5.74) is -2.95. The third-order valence-corrected chi connectivity index (χ3v) is 6.59. The van der Waals surface area contributed by atoms with Crippen LogP contribution in [-0.4, -0.2) is 207 Å². The summed E-state index contributed by atoms with van der Waals surface area (Å²) in [5.74, 6) is -7.29. The Kier molecular flexibility index (Phi) is 72.6. The number of aliphatic hydroxyl groups excluding tert-OH is 15. The number of rotatable bonds is 26. The van der Waals surface area contributed by atoms with Crippen molar-refractivity contribution in [1.29, 1.82) is 0 Å². The summed E-state index contributed by atoms with van der Waals surface area (Å²) in [6, 6.07) is 0. The fraction of sp³-hybridized carbons (Fsp3) is 0.909. The van der Waals surface area contributed by atoms with Crippen LogP contribution in [0.2, 0.25) is 0 Å². The van der Waals surface area contributed by atoms with Gasteiger partial charge in [0, 0.05) is 11.9 Å². The summed E-state index contributed by atoms with van der Waals surface area (Å²) >= 11 is 0. The Balaban J connectivity index is -0.000000101. The Bertz CT molecular complexity index is 744. The minimum atomic E-state index is -2.95. The maximum absolute atomic E-state index is 11.2. The molecular formula is C33H70Na2O22. The Hall–Kier alpha value is -0.230. The van der Waals surface area contributed by atoms with E-state index in [0.717, 1.165) is 19.3 Å². The number of unbranched alkanes of at least 4 members (excludes halogenated alkanes) is 9. The van der Waals surface area contributed by atoms with Gasteiger partial charge in [-0.3, -0.25) is 4.79 Å². The molecule has 24 heteroatoms. The number of aliphatic carboxylic acids is 3. The van der Waals surface area contributed by atoms with Crippen LogP contribution in [0.5, 0.6) is 0 Å². The van der Waals surface area contributed by atoms with E-state index in [-0.39, 0.29) is 132 Å². The van der Waals surface area contributed by atoms with Crippen molar-refractivity contribution in [3.8, 4) is 0 Å². The van der Waals surface area contributed by atoms with Crippen LogP contribution in [0.3, 0.4) is 0 Å². The van der Waals surface area contributed by atoms with Crippen molar-refractivity contribution < 1.29 is 171 Å². The Morgan fingerprint density at radius 1 is 0.474 bits per heavy atom. The van der Waals surface area contributed by atoms with Crippen molar-refractivity contribution in [2.75, 3.05) is 66.1 Å². The van der Waals surface area contributed by atoms with Gasteiger partial charge in [-0.05, 0) is 6.42 Å². The molecule has 57 heavy (non-hydrogen) atoms. The summed E-state index contributed by atoms with van der Waals surface area (Å²) in [6.45, 7) is -1.48. The average Bonchev–Trinajstić information content (AvgIpc) is 3.18. The zero-order valence-corrected chi connectivity index (χ0v) is 37.7. The van der Waals surface area contributed by atoms with Crippen LogP contribution < -0.4 is 69.3 Å². The van der Waals surface area contributed by atoms with Gasteiger partial charge >= 0.3 is 65.1 Å². The van der Waals surface area contributed by atoms with Gasteiger partial charge in [-0.25, -0.2) is 0 Å². The van der Waals surface area contributed by atoms with Crippen molar-refractivity contribution >= 4 is 17.9 Å². The first-order chi connectivity index (χ1) is 25.8. The average molecular weight is 865 g/mol. The SMILES string of the molecule is CCCCCCCCCCCCC(C(=O)[O-])C(O)(CC(=O)O)C(=O)[O-].OCC(O)CO.OCC(O)CO.OCC(O)CO.OCC(O)CO.OCC(O)CO.[Na+].[Na+]. The summed E-state index contributed by atoms with van der Waals surface area (Å²) in [4.78, 5) is 33.0. The third kappa shape index (κ3) is 57.9. The van der Waals surface area contributed by atoms with Gasteiger partial charge in [0.15, 0.2) is 0 Å². The molecule has 0 aliphatic carbocycles. The van der Waals surface area contributed by atoms with E-state index in [1.807, 2.05) is 0 Å². The molecule has 2 unspecified atom stereocenters. The molecule has 0 heterocycles. The van der Waals surface area contributed by atoms with E-state index in [0.29, 0.717) is 12.8 Å². The predicted molar refractivity (Wildman–Crippen MR) is 188 cm³/mol. The second-order valence-corrected chi connectivity index (χ2v) is 11.7. The number of carbonyl (C=O) groups excluding carboxylic acids is 2. The molecule has 0 spiro atoms. The first-order valence-electron chi connectivity index (χ1n) is 17.7. The molecule has 2 atom stereocenters. The maximum atomic E-state index is 11.2. The topological polar surface area (TPSA) is 441 Å². The van der Waals surface area contributed by atoms with Gasteiger partial charge in [0.25, 0.3) is 0 Å². The Labute approximate surface area is 378 Å². The normalized spacial score (nSPS) is 11.7. The smallest absolute Gasteiger partial charge is 0.550 e. The minimum absolute atomic E-state index is 0. The molecule has 17 N–H and O–H groups in total. The molecule has 0 radical (unpaired) electrons. The van der Waals surface area contributed by atoms with E-state index in [9.17, 15) is 29.7 Å². The van der Waals surface area contributed by atoms with Crippen molar-refractivity contribution in [3.05, 3.63) is 0 Å². The van der Waals surface area contributed by atoms with Crippen LogP contribution in [0, 0.1) is 5.92 Å². The molecule has 336 valence electrons. The molecule has 0 amide bonds. The summed E-state index contributed by atoms with van der Waals surface area (Å²) in [5, 5.41) is 161. The van der Waals surface area contributed by atoms with Crippen LogP contribution >= 0.6 is 0 Å². The molecule has 22 nitrogen and oxygen atoms in total. The Morgan fingerprint density at radius 3 is 0.860 bits per heavy atom. The molecule has 0 rings (SSSR count). The van der Waals surface area contributed by atoms with Gasteiger partial charge in [0.05, 0.1) is 78.5 Å². The second-order valence-electron chi connectivity index (χ2n) is 11.7. The summed E-state index contributed by atoms with van der Waals surface area (Å²) in [7, 11) is 0. The molecule has 0 aromatic carbocycles. The van der Waals surface area contributed by atoms with Crippen molar-refractivity contribution in [2.24, 2.45) is 5.92 Å². The van der Waals surface area contributed by atoms with Gasteiger partial charge in [0.1, 0.15) is 36.1 Å². The molecule has 0 saturated heterocycles. The molecular weight excluding hydrogens is 794 g/mol. The molecule has 0 fully saturated rings. The molecule has 0 aliphatic rings. The fourth-order valence-electron chi connectivity index (χ4n) is 3.24. The first kappa shape index (κ1) is 74.2. The predicted octanol–water partition coefficient (Wildman–Crippen LogP) is -13.7. The molecule has 0 aromatic heterocycles. The number of carbonyl (C=O) groups is 3. The summed E-state index contributed by atoms with van der Waals surface area (Å²) in [6.07, 6.45) is 4.01. The summed E-state index contributed by atoms with van der Waals surface area (Å²) < 4.78 is 0. The molecule has 0 aromatic rings. The monoisotopic (exact) mass is 864 g/mol. The standard InChI is InChI=1S/C18H32O7.5C3H8O3.2Na/c1-2-3-4-5-6-7-8-9-10-11-12-14(16(21)22)18(25,17(23)24)13-15(19)20;5*4-1-3(6)2-5;;/h14,25H,2-13H2,1H3,(H,19,20)(H,21,22)(H,23,24);5*3-6H,1-2H2;;/q;;;;;;2*+1/p-2.